The van der Waals surface area contributed by atoms with Gasteiger partial charge in [-0.25, -0.2) is 0 Å². The van der Waals surface area contributed by atoms with Gasteiger partial charge in [-0.2, -0.15) is 0 Å². The summed E-state index contributed by atoms with van der Waals surface area (Å²) in [6.45, 7) is 0. The van der Waals surface area contributed by atoms with Crippen LogP contribution in [0.25, 0.3) is 10.9 Å². The Morgan fingerprint density at radius 1 is 0.912 bits per heavy atom. The molecule has 174 valence electrons. The largest absolute Gasteiger partial charge is 0.350 e. The molecule has 1 aromatic heterocycles. The lowest BCUT2D eigenvalue weighted by Gasteiger charge is -2.56. The van der Waals surface area contributed by atoms with Gasteiger partial charge in [0.1, 0.15) is 0 Å². The minimum atomic E-state index is -0.192. The molecule has 34 heavy (non-hydrogen) atoms. The van der Waals surface area contributed by atoms with Crippen LogP contribution in [0.15, 0.2) is 65.7 Å². The van der Waals surface area contributed by atoms with E-state index in [1.54, 1.807) is 6.20 Å². The second-order valence-electron chi connectivity index (χ2n) is 10.4. The maximum absolute atomic E-state index is 13.2. The van der Waals surface area contributed by atoms with Crippen molar-refractivity contribution in [3.63, 3.8) is 0 Å². The first-order valence-electron chi connectivity index (χ1n) is 12.2. The normalized spacial score (nSPS) is 27.0. The van der Waals surface area contributed by atoms with E-state index in [1.165, 1.54) is 31.0 Å². The third kappa shape index (κ3) is 4.20. The Hall–Kier alpha value is -2.86. The molecular formula is C28H29N3O2S. The Morgan fingerprint density at radius 3 is 2.38 bits per heavy atom. The van der Waals surface area contributed by atoms with Gasteiger partial charge < -0.3 is 10.6 Å². The van der Waals surface area contributed by atoms with Crippen LogP contribution >= 0.6 is 11.8 Å². The zero-order valence-electron chi connectivity index (χ0n) is 19.1. The van der Waals surface area contributed by atoms with Crippen LogP contribution in [0, 0.1) is 17.8 Å². The van der Waals surface area contributed by atoms with Gasteiger partial charge in [-0.3, -0.25) is 14.6 Å². The topological polar surface area (TPSA) is 71.1 Å². The van der Waals surface area contributed by atoms with Gasteiger partial charge in [0.15, 0.2) is 0 Å². The zero-order chi connectivity index (χ0) is 23.1. The van der Waals surface area contributed by atoms with Crippen molar-refractivity contribution in [2.24, 2.45) is 17.8 Å². The first kappa shape index (κ1) is 21.7. The van der Waals surface area contributed by atoms with Gasteiger partial charge in [-0.05, 0) is 80.5 Å². The van der Waals surface area contributed by atoms with E-state index in [4.69, 9.17) is 0 Å². The highest BCUT2D eigenvalue weighted by Gasteiger charge is 2.51. The molecule has 0 aliphatic heterocycles. The first-order valence-corrected chi connectivity index (χ1v) is 13.2. The fourth-order valence-electron chi connectivity index (χ4n) is 6.91. The Bertz CT molecular complexity index is 1220. The van der Waals surface area contributed by atoms with Gasteiger partial charge in [0.05, 0.1) is 22.5 Å². The van der Waals surface area contributed by atoms with E-state index < -0.39 is 0 Å². The Morgan fingerprint density at radius 2 is 1.62 bits per heavy atom. The third-order valence-corrected chi connectivity index (χ3v) is 8.89. The summed E-state index contributed by atoms with van der Waals surface area (Å²) in [7, 11) is 0. The van der Waals surface area contributed by atoms with Crippen LogP contribution < -0.4 is 10.6 Å². The second-order valence-corrected chi connectivity index (χ2v) is 11.4. The van der Waals surface area contributed by atoms with Crippen molar-refractivity contribution in [1.82, 2.24) is 10.3 Å². The van der Waals surface area contributed by atoms with Crippen molar-refractivity contribution in [1.29, 1.82) is 0 Å². The number of rotatable bonds is 6. The summed E-state index contributed by atoms with van der Waals surface area (Å²) >= 11 is 1.44. The number of carbonyl (C=O) groups is 2. The van der Waals surface area contributed by atoms with Crippen molar-refractivity contribution < 1.29 is 9.59 Å². The zero-order valence-corrected chi connectivity index (χ0v) is 19.9. The Labute approximate surface area is 204 Å². The Balaban J connectivity index is 1.13. The monoisotopic (exact) mass is 471 g/mol. The molecule has 4 aliphatic carbocycles. The maximum atomic E-state index is 13.2. The lowest BCUT2D eigenvalue weighted by atomic mass is 9.53. The number of para-hydroxylation sites is 1. The van der Waals surface area contributed by atoms with E-state index in [1.807, 2.05) is 54.6 Å². The SMILES string of the molecule is O=C(CSc1ccccc1C(=O)Nc1cccc2cccnc12)NC12CC3CC(CC(C3)C1)C2. The first-order chi connectivity index (χ1) is 16.6. The predicted molar refractivity (Wildman–Crippen MR) is 136 cm³/mol. The van der Waals surface area contributed by atoms with E-state index >= 15 is 0 Å². The van der Waals surface area contributed by atoms with Crippen LogP contribution in [0.5, 0.6) is 0 Å². The predicted octanol–water partition coefficient (Wildman–Crippen LogP) is 5.66. The number of hydrogen-bond donors (Lipinski definition) is 2. The van der Waals surface area contributed by atoms with E-state index in [2.05, 4.69) is 15.6 Å². The van der Waals surface area contributed by atoms with Crippen molar-refractivity contribution in [3.05, 3.63) is 66.4 Å². The molecule has 5 nitrogen and oxygen atoms in total. The lowest BCUT2D eigenvalue weighted by molar-refractivity contribution is -0.124. The fraction of sp³-hybridized carbons (Fsp3) is 0.393. The number of amides is 2. The Kier molecular flexibility index (Phi) is 5.56. The summed E-state index contributed by atoms with van der Waals surface area (Å²) in [5, 5.41) is 7.43. The second kappa shape index (κ2) is 8.73. The molecule has 2 N–H and O–H groups in total. The number of aromatic nitrogens is 1. The summed E-state index contributed by atoms with van der Waals surface area (Å²) in [4.78, 5) is 31.4. The number of anilines is 1. The van der Waals surface area contributed by atoms with Crippen molar-refractivity contribution in [3.8, 4) is 0 Å². The van der Waals surface area contributed by atoms with Crippen LogP contribution in [0.2, 0.25) is 0 Å². The molecule has 7 rings (SSSR count). The number of hydrogen-bond acceptors (Lipinski definition) is 4. The number of benzene rings is 2. The molecule has 0 unspecified atom stereocenters. The molecule has 4 bridgehead atoms. The van der Waals surface area contributed by atoms with Crippen LogP contribution in [0.3, 0.4) is 0 Å². The number of carbonyl (C=O) groups excluding carboxylic acids is 2. The van der Waals surface area contributed by atoms with Crippen molar-refractivity contribution in [2.45, 2.75) is 49.0 Å². The van der Waals surface area contributed by atoms with Gasteiger partial charge in [-0.15, -0.1) is 11.8 Å². The van der Waals surface area contributed by atoms with Gasteiger partial charge in [0.25, 0.3) is 5.91 Å². The number of fused-ring (bicyclic) bond motifs is 1. The summed E-state index contributed by atoms with van der Waals surface area (Å²) < 4.78 is 0. The quantitative estimate of drug-likeness (QED) is 0.455. The van der Waals surface area contributed by atoms with Crippen molar-refractivity contribution in [2.75, 3.05) is 11.1 Å². The molecule has 4 aliphatic rings. The van der Waals surface area contributed by atoms with Gasteiger partial charge in [0.2, 0.25) is 5.91 Å². The van der Waals surface area contributed by atoms with Gasteiger partial charge in [-0.1, -0.05) is 30.3 Å². The summed E-state index contributed by atoms with van der Waals surface area (Å²) in [5.41, 5.74) is 2.04. The molecule has 0 saturated heterocycles. The summed E-state index contributed by atoms with van der Waals surface area (Å²) in [5.74, 6) is 2.61. The molecule has 0 atom stereocenters. The van der Waals surface area contributed by atoms with Crippen LogP contribution in [0.1, 0.15) is 48.9 Å². The molecule has 1 heterocycles. The molecule has 4 saturated carbocycles. The van der Waals surface area contributed by atoms with Crippen LogP contribution in [-0.2, 0) is 4.79 Å². The highest BCUT2D eigenvalue weighted by atomic mass is 32.2. The molecule has 2 amide bonds. The highest BCUT2D eigenvalue weighted by molar-refractivity contribution is 8.00. The van der Waals surface area contributed by atoms with E-state index in [-0.39, 0.29) is 17.4 Å². The number of pyridine rings is 1. The molecule has 0 spiro atoms. The molecule has 4 fully saturated rings. The molecule has 3 aromatic rings. The number of nitrogens with zero attached hydrogens (tertiary/aromatic N) is 1. The standard InChI is InChI=1S/C28H29N3O2S/c32-25(31-28-14-18-11-19(15-28)13-20(12-18)16-28)17-34-24-9-2-1-7-22(24)27(33)30-23-8-3-5-21-6-4-10-29-26(21)23/h1-10,18-20H,11-17H2,(H,30,33)(H,31,32). The maximum Gasteiger partial charge on any atom is 0.256 e. The molecule has 6 heteroatoms. The average Bonchev–Trinajstić information content (AvgIpc) is 2.82. The molecule has 2 aromatic carbocycles. The van der Waals surface area contributed by atoms with Crippen LogP contribution in [-0.4, -0.2) is 28.1 Å². The van der Waals surface area contributed by atoms with E-state index in [0.29, 0.717) is 17.0 Å². The van der Waals surface area contributed by atoms with Gasteiger partial charge in [0, 0.05) is 22.0 Å². The van der Waals surface area contributed by atoms with Gasteiger partial charge >= 0.3 is 0 Å². The average molecular weight is 472 g/mol. The van der Waals surface area contributed by atoms with E-state index in [9.17, 15) is 9.59 Å². The lowest BCUT2D eigenvalue weighted by Crippen LogP contribution is -2.60. The van der Waals surface area contributed by atoms with E-state index in [0.717, 1.165) is 52.8 Å². The minimum Gasteiger partial charge on any atom is -0.350 e. The fourth-order valence-corrected chi connectivity index (χ4v) is 7.76. The molecule has 0 radical (unpaired) electrons. The summed E-state index contributed by atoms with van der Waals surface area (Å²) in [6.07, 6.45) is 9.24. The van der Waals surface area contributed by atoms with Crippen molar-refractivity contribution >= 4 is 40.2 Å². The number of nitrogens with one attached hydrogen (secondary N) is 2. The number of thioether (sulfide) groups is 1. The highest BCUT2D eigenvalue weighted by Crippen LogP contribution is 2.55. The smallest absolute Gasteiger partial charge is 0.256 e. The third-order valence-electron chi connectivity index (χ3n) is 7.81. The minimum absolute atomic E-state index is 0.0185. The molecular weight excluding hydrogens is 442 g/mol. The van der Waals surface area contributed by atoms with Crippen LogP contribution in [0.4, 0.5) is 5.69 Å². The summed E-state index contributed by atoms with van der Waals surface area (Å²) in [6, 6.07) is 17.1.